The van der Waals surface area contributed by atoms with Crippen LogP contribution < -0.4 is 16.4 Å². The van der Waals surface area contributed by atoms with E-state index >= 15 is 0 Å². The van der Waals surface area contributed by atoms with Crippen LogP contribution in [0.3, 0.4) is 0 Å². The van der Waals surface area contributed by atoms with Crippen molar-refractivity contribution in [2.75, 3.05) is 0 Å². The summed E-state index contributed by atoms with van der Waals surface area (Å²) in [4.78, 5) is 10.7. The van der Waals surface area contributed by atoms with Gasteiger partial charge in [-0.15, -0.1) is 0 Å². The summed E-state index contributed by atoms with van der Waals surface area (Å²) < 4.78 is 5.06. The SMILES string of the molecule is CC1(C)CC(O)CC(C)(C)N1.CC1(C)CC(OC(N)=O)CC(C)(C)N1. The lowest BCUT2D eigenvalue weighted by Crippen LogP contribution is -2.59. The number of nitrogens with one attached hydrogen (secondary N) is 2. The highest BCUT2D eigenvalue weighted by molar-refractivity contribution is 5.64. The van der Waals surface area contributed by atoms with Crippen molar-refractivity contribution in [3.05, 3.63) is 0 Å². The number of ether oxygens (including phenoxy) is 1. The molecular weight excluding hydrogens is 318 g/mol. The molecule has 0 unspecified atom stereocenters. The van der Waals surface area contributed by atoms with E-state index in [1.54, 1.807) is 0 Å². The smallest absolute Gasteiger partial charge is 0.404 e. The maximum atomic E-state index is 10.7. The number of nitrogens with two attached hydrogens (primary N) is 1. The van der Waals surface area contributed by atoms with Crippen LogP contribution in [0.4, 0.5) is 4.79 Å². The molecule has 0 aromatic heterocycles. The van der Waals surface area contributed by atoms with Crippen LogP contribution in [0, 0.1) is 0 Å². The maximum absolute atomic E-state index is 10.7. The maximum Gasteiger partial charge on any atom is 0.404 e. The van der Waals surface area contributed by atoms with Crippen LogP contribution in [0.5, 0.6) is 0 Å². The molecule has 2 heterocycles. The first kappa shape index (κ1) is 22.2. The number of hydrogen-bond acceptors (Lipinski definition) is 5. The third-order valence-corrected chi connectivity index (χ3v) is 4.60. The minimum atomic E-state index is -0.677. The minimum Gasteiger partial charge on any atom is -0.446 e. The molecule has 148 valence electrons. The molecule has 6 nitrogen and oxygen atoms in total. The zero-order chi connectivity index (χ0) is 19.7. The molecule has 0 saturated carbocycles. The fourth-order valence-electron chi connectivity index (χ4n) is 4.74. The van der Waals surface area contributed by atoms with Crippen LogP contribution in [0.1, 0.15) is 81.1 Å². The Morgan fingerprint density at radius 1 is 0.840 bits per heavy atom. The number of primary amides is 1. The lowest BCUT2D eigenvalue weighted by atomic mass is 9.81. The molecule has 2 aliphatic rings. The van der Waals surface area contributed by atoms with Crippen LogP contribution in [-0.4, -0.2) is 45.6 Å². The van der Waals surface area contributed by atoms with Crippen molar-refractivity contribution >= 4 is 6.09 Å². The van der Waals surface area contributed by atoms with Crippen molar-refractivity contribution in [2.45, 2.75) is 115 Å². The topological polar surface area (TPSA) is 96.6 Å². The molecule has 2 fully saturated rings. The van der Waals surface area contributed by atoms with Crippen molar-refractivity contribution in [3.8, 4) is 0 Å². The van der Waals surface area contributed by atoms with Gasteiger partial charge < -0.3 is 26.2 Å². The monoisotopic (exact) mass is 357 g/mol. The predicted octanol–water partition coefficient (Wildman–Crippen LogP) is 2.68. The van der Waals surface area contributed by atoms with Gasteiger partial charge in [-0.1, -0.05) is 0 Å². The van der Waals surface area contributed by atoms with Gasteiger partial charge in [-0.25, -0.2) is 4.79 Å². The number of carbonyl (C=O) groups excluding carboxylic acids is 1. The first-order valence-electron chi connectivity index (χ1n) is 9.24. The molecule has 2 aliphatic heterocycles. The van der Waals surface area contributed by atoms with Crippen molar-refractivity contribution in [2.24, 2.45) is 5.73 Å². The molecule has 0 radical (unpaired) electrons. The summed E-state index contributed by atoms with van der Waals surface area (Å²) in [5.41, 5.74) is 5.16. The van der Waals surface area contributed by atoms with Crippen LogP contribution in [0.25, 0.3) is 0 Å². The van der Waals surface area contributed by atoms with Gasteiger partial charge in [-0.3, -0.25) is 0 Å². The quantitative estimate of drug-likeness (QED) is 0.578. The van der Waals surface area contributed by atoms with Gasteiger partial charge in [0.2, 0.25) is 0 Å². The van der Waals surface area contributed by atoms with Crippen LogP contribution in [0.2, 0.25) is 0 Å². The highest BCUT2D eigenvalue weighted by Crippen LogP contribution is 2.30. The molecule has 25 heavy (non-hydrogen) atoms. The van der Waals surface area contributed by atoms with E-state index in [1.165, 1.54) is 0 Å². The van der Waals surface area contributed by atoms with Crippen LogP contribution in [0.15, 0.2) is 0 Å². The van der Waals surface area contributed by atoms with E-state index in [0.717, 1.165) is 25.7 Å². The molecular formula is C19H39N3O3. The number of carbonyl (C=O) groups is 1. The Balaban J connectivity index is 0.000000257. The van der Waals surface area contributed by atoms with Gasteiger partial charge in [-0.2, -0.15) is 0 Å². The third kappa shape index (κ3) is 8.38. The van der Waals surface area contributed by atoms with E-state index in [4.69, 9.17) is 10.5 Å². The number of rotatable bonds is 1. The minimum absolute atomic E-state index is 0.0120. The van der Waals surface area contributed by atoms with Gasteiger partial charge in [0.25, 0.3) is 0 Å². The lowest BCUT2D eigenvalue weighted by molar-refractivity contribution is 0.0235. The highest BCUT2D eigenvalue weighted by Gasteiger charge is 2.39. The van der Waals surface area contributed by atoms with Gasteiger partial charge >= 0.3 is 6.09 Å². The van der Waals surface area contributed by atoms with E-state index in [-0.39, 0.29) is 34.4 Å². The summed E-state index contributed by atoms with van der Waals surface area (Å²) in [7, 11) is 0. The fraction of sp³-hybridized carbons (Fsp3) is 0.947. The fourth-order valence-corrected chi connectivity index (χ4v) is 4.74. The Bertz CT molecular complexity index is 441. The molecule has 1 amide bonds. The summed E-state index contributed by atoms with van der Waals surface area (Å²) >= 11 is 0. The molecule has 0 bridgehead atoms. The molecule has 5 N–H and O–H groups in total. The summed E-state index contributed by atoms with van der Waals surface area (Å²) in [6.45, 7) is 17.0. The molecule has 2 saturated heterocycles. The Hall–Kier alpha value is -0.850. The molecule has 0 spiro atoms. The van der Waals surface area contributed by atoms with Gasteiger partial charge in [-0.05, 0) is 68.2 Å². The standard InChI is InChI=1S/C10H20N2O2.C9H19NO/c1-9(2)5-7(14-8(11)13)6-10(3,4)12-9;1-8(2)5-7(11)6-9(3,4)10-8/h7,12H,5-6H2,1-4H3,(H2,11,13);7,10-11H,5-6H2,1-4H3. The zero-order valence-corrected chi connectivity index (χ0v) is 17.3. The molecule has 6 heteroatoms. The van der Waals surface area contributed by atoms with E-state index in [1.807, 2.05) is 0 Å². The highest BCUT2D eigenvalue weighted by atomic mass is 16.6. The molecule has 0 aliphatic carbocycles. The van der Waals surface area contributed by atoms with Gasteiger partial charge in [0.15, 0.2) is 0 Å². The normalized spacial score (nSPS) is 27.7. The second-order valence-electron chi connectivity index (χ2n) is 10.3. The average Bonchev–Trinajstić information content (AvgIpc) is 2.16. The van der Waals surface area contributed by atoms with Gasteiger partial charge in [0.05, 0.1) is 6.10 Å². The van der Waals surface area contributed by atoms with Crippen molar-refractivity contribution in [1.82, 2.24) is 10.6 Å². The zero-order valence-electron chi connectivity index (χ0n) is 17.3. The summed E-state index contributed by atoms with van der Waals surface area (Å²) in [5, 5.41) is 16.5. The first-order valence-corrected chi connectivity index (χ1v) is 9.24. The van der Waals surface area contributed by atoms with E-state index in [0.29, 0.717) is 0 Å². The second-order valence-corrected chi connectivity index (χ2v) is 10.3. The third-order valence-electron chi connectivity index (χ3n) is 4.60. The number of aliphatic hydroxyl groups is 1. The Labute approximate surface area is 153 Å². The average molecular weight is 358 g/mol. The second kappa shape index (κ2) is 7.41. The largest absolute Gasteiger partial charge is 0.446 e. The first-order chi connectivity index (χ1) is 11.0. The summed E-state index contributed by atoms with van der Waals surface area (Å²) in [6, 6.07) is 0. The molecule has 2 rings (SSSR count). The van der Waals surface area contributed by atoms with Gasteiger partial charge in [0, 0.05) is 35.0 Å². The number of aliphatic hydroxyl groups excluding tert-OH is 1. The lowest BCUT2D eigenvalue weighted by Gasteiger charge is -2.45. The van der Waals surface area contributed by atoms with E-state index < -0.39 is 6.09 Å². The molecule has 0 atom stereocenters. The summed E-state index contributed by atoms with van der Waals surface area (Å²) in [5.74, 6) is 0. The molecule has 0 aromatic rings. The number of hydrogen-bond donors (Lipinski definition) is 4. The Morgan fingerprint density at radius 3 is 1.44 bits per heavy atom. The Morgan fingerprint density at radius 2 is 1.16 bits per heavy atom. The number of amides is 1. The van der Waals surface area contributed by atoms with E-state index in [2.05, 4.69) is 66.0 Å². The number of piperidine rings is 2. The van der Waals surface area contributed by atoms with E-state index in [9.17, 15) is 9.90 Å². The van der Waals surface area contributed by atoms with Gasteiger partial charge in [0.1, 0.15) is 6.10 Å². The molecule has 0 aromatic carbocycles. The van der Waals surface area contributed by atoms with Crippen LogP contribution >= 0.6 is 0 Å². The van der Waals surface area contributed by atoms with Crippen molar-refractivity contribution in [3.63, 3.8) is 0 Å². The predicted molar refractivity (Wildman–Crippen MR) is 102 cm³/mol. The van der Waals surface area contributed by atoms with Crippen LogP contribution in [-0.2, 0) is 4.74 Å². The van der Waals surface area contributed by atoms with Crippen molar-refractivity contribution < 1.29 is 14.6 Å². The van der Waals surface area contributed by atoms with Crippen molar-refractivity contribution in [1.29, 1.82) is 0 Å². The Kier molecular flexibility index (Phi) is 6.58. The summed E-state index contributed by atoms with van der Waals surface area (Å²) in [6.07, 6.45) is 2.44.